The molecule has 0 aliphatic heterocycles. The van der Waals surface area contributed by atoms with E-state index in [1.165, 1.54) is 6.92 Å². The molecule has 0 saturated heterocycles. The molecular formula is C10H21N4O6P. The van der Waals surface area contributed by atoms with E-state index in [1.54, 1.807) is 5.32 Å². The monoisotopic (exact) mass is 324 g/mol. The maximum absolute atomic E-state index is 12.2. The first kappa shape index (κ1) is 19.8. The number of nitrogens with two attached hydrogens (primary N) is 3. The summed E-state index contributed by atoms with van der Waals surface area (Å²) in [5.74, 6) is -3.78. The lowest BCUT2D eigenvalue weighted by molar-refractivity contribution is -0.138. The predicted octanol–water partition coefficient (Wildman–Crippen LogP) is -2.84. The summed E-state index contributed by atoms with van der Waals surface area (Å²) in [6, 6.07) is -4.06. The van der Waals surface area contributed by atoms with Crippen molar-refractivity contribution in [2.75, 3.05) is 0 Å². The van der Waals surface area contributed by atoms with Crippen molar-refractivity contribution >= 4 is 25.1 Å². The van der Waals surface area contributed by atoms with E-state index in [2.05, 4.69) is 0 Å². The summed E-state index contributed by atoms with van der Waals surface area (Å²) < 4.78 is 11.8. The van der Waals surface area contributed by atoms with Gasteiger partial charge in [-0.2, -0.15) is 0 Å². The van der Waals surface area contributed by atoms with Crippen molar-refractivity contribution in [3.63, 3.8) is 0 Å². The van der Waals surface area contributed by atoms with Crippen molar-refractivity contribution in [3.05, 3.63) is 0 Å². The lowest BCUT2D eigenvalue weighted by Crippen LogP contribution is -2.67. The Labute approximate surface area is 121 Å². The summed E-state index contributed by atoms with van der Waals surface area (Å²) in [6.45, 7) is 3.46. The molecule has 0 aliphatic rings. The van der Waals surface area contributed by atoms with Gasteiger partial charge in [0.25, 0.3) is 5.28 Å². The van der Waals surface area contributed by atoms with Gasteiger partial charge < -0.3 is 32.3 Å². The molecule has 3 atom stereocenters. The summed E-state index contributed by atoms with van der Waals surface area (Å²) in [7, 11) is -5.47. The molecule has 0 aromatic rings. The predicted molar refractivity (Wildman–Crippen MR) is 73.9 cm³/mol. The van der Waals surface area contributed by atoms with Crippen molar-refractivity contribution in [2.24, 2.45) is 17.2 Å². The number of hydrogen-bond acceptors (Lipinski definition) is 7. The van der Waals surface area contributed by atoms with E-state index in [0.717, 1.165) is 13.8 Å². The fourth-order valence-corrected chi connectivity index (χ4v) is 2.79. The van der Waals surface area contributed by atoms with Gasteiger partial charge in [-0.1, -0.05) is 0 Å². The molecule has 122 valence electrons. The highest BCUT2D eigenvalue weighted by Gasteiger charge is 2.61. The van der Waals surface area contributed by atoms with Crippen LogP contribution in [0.2, 0.25) is 0 Å². The molecule has 0 radical (unpaired) electrons. The topological polar surface area (TPSA) is 199 Å². The number of rotatable bonds is 7. The van der Waals surface area contributed by atoms with Crippen molar-refractivity contribution < 1.29 is 28.7 Å². The van der Waals surface area contributed by atoms with Crippen LogP contribution in [-0.4, -0.2) is 50.7 Å². The maximum atomic E-state index is 12.2. The zero-order chi connectivity index (χ0) is 17.2. The Kier molecular flexibility index (Phi) is 6.36. The maximum Gasteiger partial charge on any atom is 0.366 e. The van der Waals surface area contributed by atoms with Crippen molar-refractivity contribution in [1.29, 1.82) is 0 Å². The Morgan fingerprint density at radius 2 is 1.29 bits per heavy atom. The molecular weight excluding hydrogens is 303 g/mol. The molecule has 0 saturated carbocycles. The van der Waals surface area contributed by atoms with Gasteiger partial charge in [0.05, 0.1) is 18.1 Å². The molecule has 0 fully saturated rings. The first-order valence-corrected chi connectivity index (χ1v) is 7.63. The molecule has 0 aromatic carbocycles. The average molecular weight is 324 g/mol. The Morgan fingerprint density at radius 3 is 1.48 bits per heavy atom. The molecule has 0 rings (SSSR count). The number of Topliss-reactive ketones (excluding diaryl/α,β-unsaturated/α-hetero) is 2. The smallest absolute Gasteiger partial charge is 0.326 e. The number of nitrogens with one attached hydrogen (secondary N) is 1. The molecule has 10 nitrogen and oxygen atoms in total. The van der Waals surface area contributed by atoms with Gasteiger partial charge in [0.1, 0.15) is 0 Å². The minimum atomic E-state index is -5.47. The fourth-order valence-electron chi connectivity index (χ4n) is 1.56. The summed E-state index contributed by atoms with van der Waals surface area (Å²) in [5.41, 5.74) is 16.0. The van der Waals surface area contributed by atoms with E-state index in [4.69, 9.17) is 17.2 Å². The highest BCUT2D eigenvalue weighted by molar-refractivity contribution is 7.56. The molecule has 0 aromatic heterocycles. The van der Waals surface area contributed by atoms with Gasteiger partial charge in [0, 0.05) is 0 Å². The number of hydrogen-bond donors (Lipinski definition) is 6. The quantitative estimate of drug-likeness (QED) is 0.211. The van der Waals surface area contributed by atoms with E-state index >= 15 is 0 Å². The molecule has 11 heteroatoms. The van der Waals surface area contributed by atoms with Crippen LogP contribution in [0.1, 0.15) is 20.8 Å². The van der Waals surface area contributed by atoms with E-state index in [1.807, 2.05) is 0 Å². The van der Waals surface area contributed by atoms with Crippen LogP contribution in [0, 0.1) is 0 Å². The number of carbonyl (C=O) groups is 3. The Hall–Kier alpha value is -1.16. The summed E-state index contributed by atoms with van der Waals surface area (Å²) in [5, 5.41) is -1.39. The molecule has 9 N–H and O–H groups in total. The molecule has 21 heavy (non-hydrogen) atoms. The van der Waals surface area contributed by atoms with Crippen LogP contribution in [0.15, 0.2) is 0 Å². The van der Waals surface area contributed by atoms with E-state index in [0.29, 0.717) is 0 Å². The van der Waals surface area contributed by atoms with Crippen molar-refractivity contribution in [1.82, 2.24) is 5.32 Å². The standard InChI is InChI=1S/C10H21N4O6P/c1-4(11)7(15)10(21(18,19)20,8(16)5(2)12)14-9(17)6(3)13/h4-6H,11-13H2,1-3H3,(H,14,17)(H2,18,19,20)/t4-,5-,6-/m0/s1. The van der Waals surface area contributed by atoms with Gasteiger partial charge in [-0.25, -0.2) is 0 Å². The number of carbonyl (C=O) groups excluding carboxylic acids is 3. The van der Waals surface area contributed by atoms with Crippen LogP contribution in [-0.2, 0) is 18.9 Å². The van der Waals surface area contributed by atoms with E-state index in [9.17, 15) is 28.7 Å². The Balaban J connectivity index is 6.26. The molecule has 0 spiro atoms. The van der Waals surface area contributed by atoms with Crippen LogP contribution in [0.5, 0.6) is 0 Å². The minimum absolute atomic E-state index is 1.10. The van der Waals surface area contributed by atoms with Crippen LogP contribution in [0.4, 0.5) is 0 Å². The molecule has 0 bridgehead atoms. The van der Waals surface area contributed by atoms with Gasteiger partial charge in [0.15, 0.2) is 11.6 Å². The van der Waals surface area contributed by atoms with Crippen LogP contribution < -0.4 is 22.5 Å². The SMILES string of the molecule is C[C@H](N)C(=O)NC(C(=O)[C@H](C)N)(C(=O)[C@H](C)N)P(=O)(O)O. The van der Waals surface area contributed by atoms with Crippen LogP contribution >= 0.6 is 7.60 Å². The van der Waals surface area contributed by atoms with Gasteiger partial charge in [-0.3, -0.25) is 18.9 Å². The number of ketones is 2. The Bertz CT molecular complexity index is 464. The lowest BCUT2D eigenvalue weighted by atomic mass is 9.97. The summed E-state index contributed by atoms with van der Waals surface area (Å²) >= 11 is 0. The van der Waals surface area contributed by atoms with E-state index in [-0.39, 0.29) is 0 Å². The lowest BCUT2D eigenvalue weighted by Gasteiger charge is -2.34. The third kappa shape index (κ3) is 3.94. The van der Waals surface area contributed by atoms with Crippen LogP contribution in [0.3, 0.4) is 0 Å². The first-order valence-electron chi connectivity index (χ1n) is 6.02. The minimum Gasteiger partial charge on any atom is -0.326 e. The van der Waals surface area contributed by atoms with Crippen molar-refractivity contribution in [2.45, 2.75) is 44.2 Å². The first-order chi connectivity index (χ1) is 9.29. The molecule has 0 heterocycles. The second kappa shape index (κ2) is 6.73. The third-order valence-electron chi connectivity index (χ3n) is 2.69. The fraction of sp³-hybridized carbons (Fsp3) is 0.700. The van der Waals surface area contributed by atoms with Crippen molar-refractivity contribution in [3.8, 4) is 0 Å². The van der Waals surface area contributed by atoms with Gasteiger partial charge in [0.2, 0.25) is 5.91 Å². The zero-order valence-electron chi connectivity index (χ0n) is 11.9. The highest BCUT2D eigenvalue weighted by atomic mass is 31.2. The second-order valence-corrected chi connectivity index (χ2v) is 6.60. The average Bonchev–Trinajstić information content (AvgIpc) is 2.31. The summed E-state index contributed by atoms with van der Waals surface area (Å²) in [6.07, 6.45) is 0. The largest absolute Gasteiger partial charge is 0.366 e. The highest BCUT2D eigenvalue weighted by Crippen LogP contribution is 2.50. The molecule has 0 unspecified atom stereocenters. The van der Waals surface area contributed by atoms with Gasteiger partial charge in [-0.05, 0) is 20.8 Å². The zero-order valence-corrected chi connectivity index (χ0v) is 12.8. The summed E-state index contributed by atoms with van der Waals surface area (Å²) in [4.78, 5) is 55.0. The molecule has 0 aliphatic carbocycles. The van der Waals surface area contributed by atoms with Gasteiger partial charge in [-0.15, -0.1) is 0 Å². The normalized spacial score (nSPS) is 16.8. The van der Waals surface area contributed by atoms with E-state index < -0.39 is 48.5 Å². The van der Waals surface area contributed by atoms with Crippen LogP contribution in [0.25, 0.3) is 0 Å². The van der Waals surface area contributed by atoms with Gasteiger partial charge >= 0.3 is 7.60 Å². The third-order valence-corrected chi connectivity index (χ3v) is 4.12. The number of amides is 1. The second-order valence-electron chi connectivity index (χ2n) is 4.84. The molecule has 1 amide bonds. The Morgan fingerprint density at radius 1 is 0.952 bits per heavy atom.